The first-order valence-electron chi connectivity index (χ1n) is 9.90. The molecule has 0 bridgehead atoms. The second kappa shape index (κ2) is 7.02. The highest BCUT2D eigenvalue weighted by molar-refractivity contribution is 5.93. The van der Waals surface area contributed by atoms with Crippen LogP contribution in [0.4, 0.5) is 14.6 Å². The van der Waals surface area contributed by atoms with Gasteiger partial charge in [-0.15, -0.1) is 0 Å². The van der Waals surface area contributed by atoms with Crippen LogP contribution in [-0.4, -0.2) is 45.6 Å². The Balaban J connectivity index is 1.41. The van der Waals surface area contributed by atoms with E-state index in [2.05, 4.69) is 20.7 Å². The molecule has 2 N–H and O–H groups in total. The Morgan fingerprint density at radius 3 is 2.90 bits per heavy atom. The number of hydrogen-bond acceptors (Lipinski definition) is 5. The molecular weight excluding hydrogens is 392 g/mol. The van der Waals surface area contributed by atoms with Crippen LogP contribution in [0.5, 0.6) is 5.75 Å². The predicted molar refractivity (Wildman–Crippen MR) is 107 cm³/mol. The Hall–Kier alpha value is -3.07. The van der Waals surface area contributed by atoms with Gasteiger partial charge in [0.1, 0.15) is 18.4 Å². The first kappa shape index (κ1) is 18.9. The number of alkyl halides is 2. The van der Waals surface area contributed by atoms with Crippen LogP contribution in [-0.2, 0) is 4.79 Å². The highest BCUT2D eigenvalue weighted by Crippen LogP contribution is 2.33. The summed E-state index contributed by atoms with van der Waals surface area (Å²) in [5.74, 6) is -1.71. The summed E-state index contributed by atoms with van der Waals surface area (Å²) in [6, 6.07) is 6.44. The van der Waals surface area contributed by atoms with Crippen LogP contribution >= 0.6 is 0 Å². The van der Waals surface area contributed by atoms with Gasteiger partial charge in [-0.1, -0.05) is 0 Å². The first-order valence-corrected chi connectivity index (χ1v) is 9.90. The van der Waals surface area contributed by atoms with Gasteiger partial charge in [-0.2, -0.15) is 5.10 Å². The van der Waals surface area contributed by atoms with Gasteiger partial charge in [-0.3, -0.25) is 9.78 Å². The third kappa shape index (κ3) is 3.60. The summed E-state index contributed by atoms with van der Waals surface area (Å²) in [5, 5.41) is 9.91. The lowest BCUT2D eigenvalue weighted by Gasteiger charge is -2.37. The summed E-state index contributed by atoms with van der Waals surface area (Å²) in [6.07, 6.45) is 5.20. The molecule has 1 saturated heterocycles. The van der Waals surface area contributed by atoms with Gasteiger partial charge in [0.2, 0.25) is 5.91 Å². The van der Waals surface area contributed by atoms with Crippen molar-refractivity contribution in [1.82, 2.24) is 19.9 Å². The number of fused-ring (bicyclic) bond motifs is 1. The smallest absolute Gasteiger partial charge is 0.278 e. The van der Waals surface area contributed by atoms with Crippen LogP contribution in [0.25, 0.3) is 16.6 Å². The zero-order chi connectivity index (χ0) is 20.9. The number of pyridine rings is 2. The molecule has 2 aliphatic rings. The maximum atomic E-state index is 13.5. The van der Waals surface area contributed by atoms with Gasteiger partial charge in [0.05, 0.1) is 18.3 Å². The van der Waals surface area contributed by atoms with Crippen LogP contribution in [0.2, 0.25) is 0 Å². The molecule has 7 nitrogen and oxygen atoms in total. The molecule has 0 aromatic carbocycles. The number of nitrogens with zero attached hydrogens (tertiary/aromatic N) is 3. The Kier molecular flexibility index (Phi) is 4.43. The lowest BCUT2D eigenvalue weighted by atomic mass is 10.0. The van der Waals surface area contributed by atoms with Crippen molar-refractivity contribution in [3.63, 3.8) is 0 Å². The highest BCUT2D eigenvalue weighted by Gasteiger charge is 2.48. The van der Waals surface area contributed by atoms with Gasteiger partial charge in [-0.05, 0) is 43.5 Å². The summed E-state index contributed by atoms with van der Waals surface area (Å²) < 4.78 is 34.4. The Morgan fingerprint density at radius 2 is 2.20 bits per heavy atom. The lowest BCUT2D eigenvalue weighted by Crippen LogP contribution is -2.65. The number of anilines is 1. The lowest BCUT2D eigenvalue weighted by molar-refractivity contribution is -0.117. The molecule has 1 saturated carbocycles. The molecule has 0 radical (unpaired) electrons. The van der Waals surface area contributed by atoms with E-state index in [1.165, 1.54) is 0 Å². The molecule has 3 aromatic heterocycles. The van der Waals surface area contributed by atoms with Crippen molar-refractivity contribution in [2.24, 2.45) is 5.92 Å². The number of rotatable bonds is 6. The molecule has 3 aromatic rings. The van der Waals surface area contributed by atoms with Crippen LogP contribution in [0.15, 0.2) is 36.7 Å². The minimum atomic E-state index is -2.75. The monoisotopic (exact) mass is 413 g/mol. The summed E-state index contributed by atoms with van der Waals surface area (Å²) in [6.45, 7) is 1.40. The number of hydrogen-bond donors (Lipinski definition) is 2. The van der Waals surface area contributed by atoms with Gasteiger partial charge in [-0.25, -0.2) is 13.3 Å². The number of aryl methyl sites for hydroxylation is 1. The highest BCUT2D eigenvalue weighted by atomic mass is 19.3. The SMILES string of the molecule is Cc1cc(-c2ccn3nc(NC(=O)C4CC4)cc3c2)c(OC[C@H]2NCC2(F)F)cn1. The number of carbonyl (C=O) groups excluding carboxylic acids is 1. The normalized spacial score (nSPS) is 20.0. The fraction of sp³-hybridized carbons (Fsp3) is 0.381. The molecule has 1 aliphatic carbocycles. The van der Waals surface area contributed by atoms with Crippen molar-refractivity contribution in [3.05, 3.63) is 42.4 Å². The number of ether oxygens (including phenoxy) is 1. The van der Waals surface area contributed by atoms with E-state index in [1.807, 2.05) is 25.1 Å². The van der Waals surface area contributed by atoms with Gasteiger partial charge >= 0.3 is 0 Å². The second-order valence-corrected chi connectivity index (χ2v) is 7.91. The average molecular weight is 413 g/mol. The second-order valence-electron chi connectivity index (χ2n) is 7.91. The topological polar surface area (TPSA) is 80.5 Å². The quantitative estimate of drug-likeness (QED) is 0.649. The molecule has 1 atom stereocenters. The number of halogens is 2. The summed E-state index contributed by atoms with van der Waals surface area (Å²) in [5.41, 5.74) is 3.19. The maximum Gasteiger partial charge on any atom is 0.278 e. The molecule has 156 valence electrons. The summed E-state index contributed by atoms with van der Waals surface area (Å²) in [7, 11) is 0. The van der Waals surface area contributed by atoms with Crippen molar-refractivity contribution >= 4 is 17.2 Å². The number of amides is 1. The third-order valence-electron chi connectivity index (χ3n) is 5.48. The third-order valence-corrected chi connectivity index (χ3v) is 5.48. The van der Waals surface area contributed by atoms with E-state index in [1.54, 1.807) is 23.0 Å². The van der Waals surface area contributed by atoms with E-state index in [0.29, 0.717) is 11.6 Å². The van der Waals surface area contributed by atoms with E-state index in [-0.39, 0.29) is 25.0 Å². The largest absolute Gasteiger partial charge is 0.489 e. The van der Waals surface area contributed by atoms with E-state index in [0.717, 1.165) is 35.2 Å². The molecule has 9 heteroatoms. The van der Waals surface area contributed by atoms with Crippen molar-refractivity contribution < 1.29 is 18.3 Å². The zero-order valence-electron chi connectivity index (χ0n) is 16.4. The van der Waals surface area contributed by atoms with Gasteiger partial charge in [0, 0.05) is 29.4 Å². The Bertz CT molecular complexity index is 1130. The Labute approximate surface area is 171 Å². The van der Waals surface area contributed by atoms with Crippen molar-refractivity contribution in [3.8, 4) is 16.9 Å². The van der Waals surface area contributed by atoms with Crippen molar-refractivity contribution in [2.75, 3.05) is 18.5 Å². The summed E-state index contributed by atoms with van der Waals surface area (Å²) >= 11 is 0. The summed E-state index contributed by atoms with van der Waals surface area (Å²) in [4.78, 5) is 16.2. The van der Waals surface area contributed by atoms with E-state index >= 15 is 0 Å². The average Bonchev–Trinajstić information content (AvgIpc) is 3.48. The fourth-order valence-electron chi connectivity index (χ4n) is 3.44. The van der Waals surface area contributed by atoms with E-state index in [4.69, 9.17) is 4.74 Å². The van der Waals surface area contributed by atoms with Gasteiger partial charge in [0.25, 0.3) is 5.92 Å². The molecule has 2 fully saturated rings. The number of nitrogens with one attached hydrogen (secondary N) is 2. The van der Waals surface area contributed by atoms with Crippen LogP contribution < -0.4 is 15.4 Å². The van der Waals surface area contributed by atoms with Crippen LogP contribution in [0, 0.1) is 12.8 Å². The molecule has 1 amide bonds. The first-order chi connectivity index (χ1) is 14.4. The van der Waals surface area contributed by atoms with Gasteiger partial charge < -0.3 is 15.4 Å². The van der Waals surface area contributed by atoms with Crippen molar-refractivity contribution in [1.29, 1.82) is 0 Å². The fourth-order valence-corrected chi connectivity index (χ4v) is 3.44. The Morgan fingerprint density at radius 1 is 1.37 bits per heavy atom. The van der Waals surface area contributed by atoms with Gasteiger partial charge in [0.15, 0.2) is 5.82 Å². The molecule has 5 rings (SSSR count). The molecule has 0 spiro atoms. The van der Waals surface area contributed by atoms with Crippen molar-refractivity contribution in [2.45, 2.75) is 31.7 Å². The molecule has 4 heterocycles. The van der Waals surface area contributed by atoms with E-state index < -0.39 is 12.0 Å². The molecule has 0 unspecified atom stereocenters. The molecule has 1 aliphatic heterocycles. The molecule has 30 heavy (non-hydrogen) atoms. The predicted octanol–water partition coefficient (Wildman–Crippen LogP) is 3.04. The minimum absolute atomic E-state index is 0.000444. The van der Waals surface area contributed by atoms with Crippen LogP contribution in [0.1, 0.15) is 18.5 Å². The minimum Gasteiger partial charge on any atom is -0.489 e. The van der Waals surface area contributed by atoms with Crippen LogP contribution in [0.3, 0.4) is 0 Å². The maximum absolute atomic E-state index is 13.5. The molecular formula is C21H21F2N5O2. The zero-order valence-corrected chi connectivity index (χ0v) is 16.4. The standard InChI is InChI=1S/C21H21F2N5O2/c1-12-6-16(17(9-24-12)30-10-18-21(22,23)11-25-18)14-4-5-28-15(7-14)8-19(27-28)26-20(29)13-2-3-13/h4-9,13,18,25H,2-3,10-11H2,1H3,(H,26,27,29)/t18-/m1/s1. The van der Waals surface area contributed by atoms with E-state index in [9.17, 15) is 13.6 Å². The number of carbonyl (C=O) groups is 1. The number of aromatic nitrogens is 3.